The highest BCUT2D eigenvalue weighted by Gasteiger charge is 2.55. The number of Topliss-reactive ketones (excluding diaryl/α,β-unsaturated/α-hetero) is 1. The largest absolute Gasteiger partial charge is 0.468 e. The molecule has 28 heavy (non-hydrogen) atoms. The number of carbonyl (C=O) groups is 3. The van der Waals surface area contributed by atoms with Gasteiger partial charge in [-0.15, -0.1) is 0 Å². The molecule has 2 aliphatic carbocycles. The van der Waals surface area contributed by atoms with E-state index in [4.69, 9.17) is 9.47 Å². The van der Waals surface area contributed by atoms with Gasteiger partial charge in [-0.1, -0.05) is 35.9 Å². The van der Waals surface area contributed by atoms with Crippen molar-refractivity contribution in [3.8, 4) is 0 Å². The van der Waals surface area contributed by atoms with Crippen molar-refractivity contribution < 1.29 is 23.9 Å². The summed E-state index contributed by atoms with van der Waals surface area (Å²) in [5, 5.41) is 0. The highest BCUT2D eigenvalue weighted by Crippen LogP contribution is 2.51. The summed E-state index contributed by atoms with van der Waals surface area (Å²) in [7, 11) is 2.54. The molecular weight excluding hydrogens is 356 g/mol. The fourth-order valence-corrected chi connectivity index (χ4v) is 4.47. The Balaban J connectivity index is 2.11. The Bertz CT molecular complexity index is 860. The zero-order chi connectivity index (χ0) is 20.5. The number of ketones is 1. The van der Waals surface area contributed by atoms with Gasteiger partial charge in [-0.05, 0) is 55.4 Å². The zero-order valence-corrected chi connectivity index (χ0v) is 16.8. The maximum atomic E-state index is 13.3. The molecule has 5 heteroatoms. The lowest BCUT2D eigenvalue weighted by Gasteiger charge is -2.22. The minimum absolute atomic E-state index is 0.0525. The van der Waals surface area contributed by atoms with Crippen LogP contribution >= 0.6 is 0 Å². The van der Waals surface area contributed by atoms with E-state index in [-0.39, 0.29) is 24.5 Å². The van der Waals surface area contributed by atoms with E-state index < -0.39 is 17.4 Å². The summed E-state index contributed by atoms with van der Waals surface area (Å²) in [4.78, 5) is 38.5. The van der Waals surface area contributed by atoms with Crippen LogP contribution in [0.5, 0.6) is 0 Å². The third-order valence-corrected chi connectivity index (χ3v) is 6.14. The highest BCUT2D eigenvalue weighted by atomic mass is 16.5. The lowest BCUT2D eigenvalue weighted by atomic mass is 9.81. The first-order valence-electron chi connectivity index (χ1n) is 9.50. The standard InChI is InChI=1S/C23H26O5/c1-14-10-11-17(16-8-6-5-7-9-16)20(24)15(2)19-13-23(12-18(14)19,21(25)27-3)22(26)28-4/h5-9,17H,10-13H2,1-4H3/b18-14-,19-15-. The molecule has 0 heterocycles. The third kappa shape index (κ3) is 3.19. The van der Waals surface area contributed by atoms with Gasteiger partial charge in [0.05, 0.1) is 14.2 Å². The van der Waals surface area contributed by atoms with Crippen LogP contribution in [0.4, 0.5) is 0 Å². The predicted octanol–water partition coefficient (Wildman–Crippen LogP) is 3.89. The number of rotatable bonds is 3. The molecule has 0 aliphatic heterocycles. The number of ether oxygens (including phenoxy) is 2. The highest BCUT2D eigenvalue weighted by molar-refractivity contribution is 6.05. The Morgan fingerprint density at radius 3 is 2.11 bits per heavy atom. The summed E-state index contributed by atoms with van der Waals surface area (Å²) in [6.07, 6.45) is 1.79. The van der Waals surface area contributed by atoms with Crippen LogP contribution in [0.15, 0.2) is 52.6 Å². The molecule has 1 saturated carbocycles. The molecule has 1 atom stereocenters. The zero-order valence-electron chi connectivity index (χ0n) is 16.8. The molecule has 5 nitrogen and oxygen atoms in total. The molecule has 0 bridgehead atoms. The number of benzene rings is 1. The van der Waals surface area contributed by atoms with Crippen LogP contribution in [0.2, 0.25) is 0 Å². The number of esters is 2. The van der Waals surface area contributed by atoms with E-state index in [1.807, 2.05) is 37.3 Å². The van der Waals surface area contributed by atoms with Crippen LogP contribution in [0.3, 0.4) is 0 Å². The SMILES string of the molecule is COC(=O)C1(C(=O)OC)CC2=C(\C)CCC(c3ccccc3)C(=O)/C(C)=C\2C1. The maximum Gasteiger partial charge on any atom is 0.323 e. The fourth-order valence-electron chi connectivity index (χ4n) is 4.47. The van der Waals surface area contributed by atoms with Gasteiger partial charge in [0.15, 0.2) is 11.2 Å². The molecule has 0 aromatic heterocycles. The van der Waals surface area contributed by atoms with E-state index >= 15 is 0 Å². The van der Waals surface area contributed by atoms with Gasteiger partial charge in [0.2, 0.25) is 0 Å². The van der Waals surface area contributed by atoms with Crippen molar-refractivity contribution in [3.63, 3.8) is 0 Å². The monoisotopic (exact) mass is 382 g/mol. The van der Waals surface area contributed by atoms with Gasteiger partial charge in [-0.2, -0.15) is 0 Å². The molecule has 0 N–H and O–H groups in total. The molecule has 1 aromatic carbocycles. The van der Waals surface area contributed by atoms with E-state index in [9.17, 15) is 14.4 Å². The second-order valence-electron chi connectivity index (χ2n) is 7.65. The Hall–Kier alpha value is -2.69. The summed E-state index contributed by atoms with van der Waals surface area (Å²) in [5.41, 5.74) is 3.03. The molecule has 0 amide bonds. The van der Waals surface area contributed by atoms with Crippen molar-refractivity contribution in [2.24, 2.45) is 5.41 Å². The average molecular weight is 382 g/mol. The van der Waals surface area contributed by atoms with E-state index in [2.05, 4.69) is 0 Å². The molecule has 0 radical (unpaired) electrons. The molecule has 1 aromatic rings. The van der Waals surface area contributed by atoms with Gasteiger partial charge >= 0.3 is 11.9 Å². The second kappa shape index (κ2) is 7.74. The van der Waals surface area contributed by atoms with Crippen molar-refractivity contribution in [2.75, 3.05) is 14.2 Å². The molecule has 1 fully saturated rings. The minimum atomic E-state index is -1.41. The van der Waals surface area contributed by atoms with Crippen molar-refractivity contribution >= 4 is 17.7 Å². The number of fused-ring (bicyclic) bond motifs is 1. The summed E-state index contributed by atoms with van der Waals surface area (Å²) in [6.45, 7) is 3.82. The van der Waals surface area contributed by atoms with Gasteiger partial charge in [0.1, 0.15) is 0 Å². The molecule has 2 aliphatic rings. The molecule has 148 valence electrons. The van der Waals surface area contributed by atoms with Crippen LogP contribution in [0.25, 0.3) is 0 Å². The first-order chi connectivity index (χ1) is 13.4. The minimum Gasteiger partial charge on any atom is -0.468 e. The molecular formula is C23H26O5. The molecule has 0 spiro atoms. The summed E-state index contributed by atoms with van der Waals surface area (Å²) in [5.74, 6) is -1.40. The normalized spacial score (nSPS) is 26.9. The maximum absolute atomic E-state index is 13.3. The van der Waals surface area contributed by atoms with Crippen LogP contribution in [0, 0.1) is 5.41 Å². The van der Waals surface area contributed by atoms with Crippen LogP contribution < -0.4 is 0 Å². The quantitative estimate of drug-likeness (QED) is 0.586. The van der Waals surface area contributed by atoms with Crippen LogP contribution in [-0.2, 0) is 23.9 Å². The number of carbonyl (C=O) groups excluding carboxylic acids is 3. The first kappa shape index (κ1) is 20.1. The second-order valence-corrected chi connectivity index (χ2v) is 7.65. The van der Waals surface area contributed by atoms with Gasteiger partial charge in [-0.25, -0.2) is 0 Å². The van der Waals surface area contributed by atoms with Gasteiger partial charge in [-0.3, -0.25) is 14.4 Å². The Morgan fingerprint density at radius 1 is 0.964 bits per heavy atom. The van der Waals surface area contributed by atoms with Crippen molar-refractivity contribution in [3.05, 3.63) is 58.2 Å². The molecule has 1 unspecified atom stereocenters. The van der Waals surface area contributed by atoms with Gasteiger partial charge in [0.25, 0.3) is 0 Å². The Morgan fingerprint density at radius 2 is 1.54 bits per heavy atom. The summed E-state index contributed by atoms with van der Waals surface area (Å²) in [6, 6.07) is 9.76. The molecule has 3 rings (SSSR count). The first-order valence-corrected chi connectivity index (χ1v) is 9.50. The number of hydrogen-bond acceptors (Lipinski definition) is 5. The van der Waals surface area contributed by atoms with Crippen molar-refractivity contribution in [1.82, 2.24) is 0 Å². The fraction of sp³-hybridized carbons (Fsp3) is 0.435. The van der Waals surface area contributed by atoms with Gasteiger partial charge < -0.3 is 9.47 Å². The van der Waals surface area contributed by atoms with Crippen LogP contribution in [0.1, 0.15) is 51.0 Å². The smallest absolute Gasteiger partial charge is 0.323 e. The topological polar surface area (TPSA) is 69.7 Å². The lowest BCUT2D eigenvalue weighted by molar-refractivity contribution is -0.168. The number of methoxy groups -OCH3 is 2. The Kier molecular flexibility index (Phi) is 5.54. The number of hydrogen-bond donors (Lipinski definition) is 0. The van der Waals surface area contributed by atoms with Gasteiger partial charge in [0, 0.05) is 12.3 Å². The Labute approximate surface area is 165 Å². The molecule has 0 saturated heterocycles. The summed E-state index contributed by atoms with van der Waals surface area (Å²) >= 11 is 0. The van der Waals surface area contributed by atoms with E-state index in [1.165, 1.54) is 14.2 Å². The van der Waals surface area contributed by atoms with Crippen molar-refractivity contribution in [2.45, 2.75) is 45.4 Å². The predicted molar refractivity (Wildman–Crippen MR) is 105 cm³/mol. The summed E-state index contributed by atoms with van der Waals surface area (Å²) < 4.78 is 9.89. The van der Waals surface area contributed by atoms with Crippen LogP contribution in [-0.4, -0.2) is 31.9 Å². The lowest BCUT2D eigenvalue weighted by Crippen LogP contribution is -2.38. The third-order valence-electron chi connectivity index (χ3n) is 6.14. The number of allylic oxidation sites excluding steroid dienone is 4. The van der Waals surface area contributed by atoms with E-state index in [0.29, 0.717) is 12.0 Å². The van der Waals surface area contributed by atoms with Crippen molar-refractivity contribution in [1.29, 1.82) is 0 Å². The van der Waals surface area contributed by atoms with E-state index in [1.54, 1.807) is 6.92 Å². The average Bonchev–Trinajstić information content (AvgIpc) is 3.13. The van der Waals surface area contributed by atoms with E-state index in [0.717, 1.165) is 28.7 Å².